The van der Waals surface area contributed by atoms with Crippen LogP contribution in [0.2, 0.25) is 0 Å². The number of aromatic nitrogens is 3. The highest BCUT2D eigenvalue weighted by Crippen LogP contribution is 2.30. The van der Waals surface area contributed by atoms with E-state index in [1.807, 2.05) is 6.26 Å². The Hall–Kier alpha value is -1.45. The fraction of sp³-hybridized carbons (Fsp3) is 0.400. The quantitative estimate of drug-likeness (QED) is 0.703. The van der Waals surface area contributed by atoms with E-state index >= 15 is 0 Å². The van der Waals surface area contributed by atoms with Gasteiger partial charge >= 0.3 is 5.97 Å². The Morgan fingerprint density at radius 1 is 1.58 bits per heavy atom. The third kappa shape index (κ3) is 2.94. The zero-order valence-electron chi connectivity index (χ0n) is 10.2. The minimum atomic E-state index is -1.86. The Balaban J connectivity index is 2.26. The third-order valence-electron chi connectivity index (χ3n) is 2.41. The second kappa shape index (κ2) is 5.27. The number of carboxylic acid groups (broad SMARTS) is 1. The van der Waals surface area contributed by atoms with Gasteiger partial charge in [0.15, 0.2) is 15.6 Å². The summed E-state index contributed by atoms with van der Waals surface area (Å²) in [6, 6.07) is 0. The molecule has 0 aliphatic rings. The van der Waals surface area contributed by atoms with Gasteiger partial charge in [-0.1, -0.05) is 11.8 Å². The summed E-state index contributed by atoms with van der Waals surface area (Å²) in [6.07, 6.45) is 3.26. The van der Waals surface area contributed by atoms with Gasteiger partial charge in [-0.2, -0.15) is 0 Å². The molecule has 2 rings (SSSR count). The van der Waals surface area contributed by atoms with Crippen LogP contribution < -0.4 is 5.32 Å². The largest absolute Gasteiger partial charge is 0.479 e. The van der Waals surface area contributed by atoms with Gasteiger partial charge in [0.05, 0.1) is 6.54 Å². The number of fused-ring (bicyclic) bond motifs is 1. The van der Waals surface area contributed by atoms with Gasteiger partial charge in [-0.15, -0.1) is 11.3 Å². The summed E-state index contributed by atoms with van der Waals surface area (Å²) in [5, 5.41) is 21.3. The zero-order chi connectivity index (χ0) is 14.0. The van der Waals surface area contributed by atoms with Crippen molar-refractivity contribution in [2.75, 3.05) is 18.1 Å². The van der Waals surface area contributed by atoms with Gasteiger partial charge in [0, 0.05) is 0 Å². The summed E-state index contributed by atoms with van der Waals surface area (Å²) in [6.45, 7) is 1.07. The van der Waals surface area contributed by atoms with Crippen molar-refractivity contribution in [3.8, 4) is 0 Å². The van der Waals surface area contributed by atoms with Crippen LogP contribution in [0.1, 0.15) is 6.92 Å². The average Bonchev–Trinajstić information content (AvgIpc) is 2.79. The van der Waals surface area contributed by atoms with Crippen LogP contribution in [-0.2, 0) is 4.79 Å². The Morgan fingerprint density at radius 2 is 2.32 bits per heavy atom. The first-order chi connectivity index (χ1) is 8.94. The van der Waals surface area contributed by atoms with E-state index in [1.54, 1.807) is 0 Å². The van der Waals surface area contributed by atoms with E-state index < -0.39 is 11.6 Å². The maximum absolute atomic E-state index is 10.8. The molecule has 1 unspecified atom stereocenters. The molecule has 0 fully saturated rings. The van der Waals surface area contributed by atoms with Crippen molar-refractivity contribution in [3.63, 3.8) is 0 Å². The van der Waals surface area contributed by atoms with Crippen molar-refractivity contribution in [3.05, 3.63) is 6.33 Å². The molecular weight excluding hydrogens is 288 g/mol. The fourth-order valence-corrected chi connectivity index (χ4v) is 2.76. The summed E-state index contributed by atoms with van der Waals surface area (Å²) in [7, 11) is 0. The third-order valence-corrected chi connectivity index (χ3v) is 4.44. The molecule has 19 heavy (non-hydrogen) atoms. The summed E-state index contributed by atoms with van der Waals surface area (Å²) >= 11 is 2.92. The molecule has 1 atom stereocenters. The van der Waals surface area contributed by atoms with Crippen molar-refractivity contribution in [1.82, 2.24) is 15.0 Å². The van der Waals surface area contributed by atoms with Gasteiger partial charge in [-0.25, -0.2) is 19.7 Å². The molecule has 3 N–H and O–H groups in total. The predicted molar refractivity (Wildman–Crippen MR) is 73.7 cm³/mol. The van der Waals surface area contributed by atoms with Crippen LogP contribution in [-0.4, -0.2) is 49.5 Å². The maximum atomic E-state index is 10.8. The number of nitrogens with one attached hydrogen (secondary N) is 1. The second-order valence-corrected chi connectivity index (χ2v) is 6.04. The number of carboxylic acids is 1. The summed E-state index contributed by atoms with van der Waals surface area (Å²) in [5.41, 5.74) is -1.30. The molecule has 0 spiro atoms. The van der Waals surface area contributed by atoms with Crippen molar-refractivity contribution in [2.24, 2.45) is 0 Å². The van der Waals surface area contributed by atoms with Crippen LogP contribution in [0.4, 0.5) is 5.82 Å². The zero-order valence-corrected chi connectivity index (χ0v) is 11.9. The average molecular weight is 300 g/mol. The molecule has 2 heterocycles. The van der Waals surface area contributed by atoms with Crippen LogP contribution in [0.3, 0.4) is 0 Å². The number of thioether (sulfide) groups is 1. The number of hydrogen-bond acceptors (Lipinski definition) is 8. The summed E-state index contributed by atoms with van der Waals surface area (Å²) in [4.78, 5) is 23.2. The molecule has 0 aliphatic heterocycles. The summed E-state index contributed by atoms with van der Waals surface area (Å²) < 4.78 is 1.59. The number of thiazole rings is 1. The maximum Gasteiger partial charge on any atom is 0.337 e. The van der Waals surface area contributed by atoms with Gasteiger partial charge in [0.2, 0.25) is 0 Å². The molecule has 0 bridgehead atoms. The monoisotopic (exact) mass is 300 g/mol. The molecule has 0 aliphatic carbocycles. The number of aliphatic hydroxyl groups is 1. The molecule has 7 nitrogen and oxygen atoms in total. The number of anilines is 1. The first-order valence-electron chi connectivity index (χ1n) is 5.29. The first kappa shape index (κ1) is 14.0. The Bertz CT molecular complexity index is 614. The number of rotatable bonds is 5. The van der Waals surface area contributed by atoms with Crippen molar-refractivity contribution < 1.29 is 15.0 Å². The van der Waals surface area contributed by atoms with E-state index in [9.17, 15) is 9.90 Å². The van der Waals surface area contributed by atoms with Crippen molar-refractivity contribution in [2.45, 2.75) is 16.9 Å². The van der Waals surface area contributed by atoms with Gasteiger partial charge in [0.25, 0.3) is 0 Å². The van der Waals surface area contributed by atoms with E-state index in [2.05, 4.69) is 20.3 Å². The van der Waals surface area contributed by atoms with Crippen molar-refractivity contribution >= 4 is 45.2 Å². The van der Waals surface area contributed by atoms with Crippen LogP contribution >= 0.6 is 23.1 Å². The Kier molecular flexibility index (Phi) is 3.88. The highest BCUT2D eigenvalue weighted by atomic mass is 32.2. The van der Waals surface area contributed by atoms with Crippen LogP contribution in [0.5, 0.6) is 0 Å². The standard InChI is InChI=1S/C10H12N4O3S2/c1-10(17,8(15)16)3-11-6-5-7(13-4-12-6)14-9(18-2)19-5/h4,17H,3H2,1-2H3,(H,15,16)(H,11,12,13). The summed E-state index contributed by atoms with van der Waals surface area (Å²) in [5.74, 6) is -0.816. The number of nitrogens with zero attached hydrogens (tertiary/aromatic N) is 3. The lowest BCUT2D eigenvalue weighted by Crippen LogP contribution is -2.41. The number of carbonyl (C=O) groups is 1. The highest BCUT2D eigenvalue weighted by Gasteiger charge is 2.30. The lowest BCUT2D eigenvalue weighted by atomic mass is 10.1. The molecule has 2 aromatic rings. The van der Waals surface area contributed by atoms with E-state index in [0.29, 0.717) is 11.5 Å². The van der Waals surface area contributed by atoms with Crippen LogP contribution in [0.15, 0.2) is 10.7 Å². The van der Waals surface area contributed by atoms with Crippen LogP contribution in [0.25, 0.3) is 10.3 Å². The van der Waals surface area contributed by atoms with E-state index in [4.69, 9.17) is 5.11 Å². The Labute approximate surface area is 117 Å². The normalized spacial score (nSPS) is 14.3. The lowest BCUT2D eigenvalue weighted by molar-refractivity contribution is -0.155. The molecule has 0 radical (unpaired) electrons. The van der Waals surface area contributed by atoms with Gasteiger partial charge < -0.3 is 15.5 Å². The van der Waals surface area contributed by atoms with Gasteiger partial charge in [-0.05, 0) is 13.2 Å². The minimum absolute atomic E-state index is 0.152. The van der Waals surface area contributed by atoms with E-state index in [-0.39, 0.29) is 6.54 Å². The predicted octanol–water partition coefficient (Wildman–Crippen LogP) is 1.06. The highest BCUT2D eigenvalue weighted by molar-refractivity contribution is 8.00. The van der Waals surface area contributed by atoms with E-state index in [0.717, 1.165) is 9.04 Å². The van der Waals surface area contributed by atoms with Crippen molar-refractivity contribution in [1.29, 1.82) is 0 Å². The molecule has 0 saturated heterocycles. The molecule has 2 aromatic heterocycles. The number of aliphatic carboxylic acids is 1. The SMILES string of the molecule is CSc1nc2ncnc(NCC(C)(O)C(=O)O)c2s1. The lowest BCUT2D eigenvalue weighted by Gasteiger charge is -2.18. The molecule has 0 amide bonds. The fourth-order valence-electron chi connectivity index (χ4n) is 1.28. The van der Waals surface area contributed by atoms with Gasteiger partial charge in [-0.3, -0.25) is 0 Å². The molecule has 0 aromatic carbocycles. The number of hydrogen-bond donors (Lipinski definition) is 3. The molecule has 9 heteroatoms. The Morgan fingerprint density at radius 3 is 2.95 bits per heavy atom. The molecule has 102 valence electrons. The smallest absolute Gasteiger partial charge is 0.337 e. The first-order valence-corrected chi connectivity index (χ1v) is 7.33. The molecule has 0 saturated carbocycles. The molecular formula is C10H12N4O3S2. The van der Waals surface area contributed by atoms with E-state index in [1.165, 1.54) is 36.3 Å². The topological polar surface area (TPSA) is 108 Å². The van der Waals surface area contributed by atoms with Gasteiger partial charge in [0.1, 0.15) is 16.8 Å². The minimum Gasteiger partial charge on any atom is -0.479 e. The van der Waals surface area contributed by atoms with Crippen LogP contribution in [0, 0.1) is 0 Å². The second-order valence-electron chi connectivity index (χ2n) is 3.99.